The van der Waals surface area contributed by atoms with Gasteiger partial charge < -0.3 is 19.1 Å². The van der Waals surface area contributed by atoms with Crippen molar-refractivity contribution in [1.29, 1.82) is 0 Å². The smallest absolute Gasteiger partial charge is 0.341 e. The quantitative estimate of drug-likeness (QED) is 0.515. The number of hydrogen-bond acceptors (Lipinski definition) is 4. The Hall–Kier alpha value is -3.64. The molecule has 0 aliphatic carbocycles. The number of hydrogen-bond donors (Lipinski definition) is 1. The van der Waals surface area contributed by atoms with E-state index in [0.717, 1.165) is 11.1 Å². The van der Waals surface area contributed by atoms with Gasteiger partial charge in [0.2, 0.25) is 5.78 Å². The number of carbonyl (C=O) groups is 2. The summed E-state index contributed by atoms with van der Waals surface area (Å²) in [4.78, 5) is 23.5. The number of methoxy groups -OCH3 is 1. The third kappa shape index (κ3) is 5.68. The number of carboxylic acids is 1. The minimum absolute atomic E-state index is 0.0403. The van der Waals surface area contributed by atoms with Crippen LogP contribution in [-0.4, -0.2) is 35.1 Å². The van der Waals surface area contributed by atoms with E-state index in [9.17, 15) is 9.59 Å². The van der Waals surface area contributed by atoms with Crippen molar-refractivity contribution >= 4 is 17.8 Å². The Bertz CT molecular complexity index is 1030. The summed E-state index contributed by atoms with van der Waals surface area (Å²) in [5.74, 6) is -0.566. The molecule has 0 radical (unpaired) electrons. The van der Waals surface area contributed by atoms with E-state index in [2.05, 4.69) is 0 Å². The Kier molecular flexibility index (Phi) is 7.19. The highest BCUT2D eigenvalue weighted by atomic mass is 16.5. The van der Waals surface area contributed by atoms with Crippen molar-refractivity contribution < 1.29 is 24.2 Å². The minimum Gasteiger partial charge on any atom is -0.482 e. The highest BCUT2D eigenvalue weighted by Crippen LogP contribution is 2.16. The lowest BCUT2D eigenvalue weighted by molar-refractivity contribution is -0.139. The normalized spacial score (nSPS) is 11.0. The zero-order valence-corrected chi connectivity index (χ0v) is 16.7. The number of ether oxygens (including phenoxy) is 2. The molecule has 6 nitrogen and oxygen atoms in total. The first-order valence-electron chi connectivity index (χ1n) is 9.46. The molecule has 3 aromatic rings. The van der Waals surface area contributed by atoms with Gasteiger partial charge in [-0.2, -0.15) is 0 Å². The highest BCUT2D eigenvalue weighted by Gasteiger charge is 2.12. The molecule has 1 N–H and O–H groups in total. The van der Waals surface area contributed by atoms with Gasteiger partial charge in [0.1, 0.15) is 5.75 Å². The van der Waals surface area contributed by atoms with Gasteiger partial charge >= 0.3 is 5.97 Å². The molecule has 0 fully saturated rings. The van der Waals surface area contributed by atoms with Gasteiger partial charge in [0.15, 0.2) is 6.61 Å². The molecular weight excluding hydrogens is 382 g/mol. The second kappa shape index (κ2) is 10.2. The van der Waals surface area contributed by atoms with Crippen LogP contribution in [0, 0.1) is 0 Å². The fourth-order valence-corrected chi connectivity index (χ4v) is 3.00. The number of allylic oxidation sites excluding steroid dienone is 1. The van der Waals surface area contributed by atoms with Crippen molar-refractivity contribution in [2.24, 2.45) is 0 Å². The maximum Gasteiger partial charge on any atom is 0.341 e. The first-order chi connectivity index (χ1) is 14.6. The Morgan fingerprint density at radius 3 is 2.60 bits per heavy atom. The van der Waals surface area contributed by atoms with Crippen LogP contribution in [0.3, 0.4) is 0 Å². The first-order valence-corrected chi connectivity index (χ1v) is 9.46. The van der Waals surface area contributed by atoms with Crippen molar-refractivity contribution in [3.63, 3.8) is 0 Å². The van der Waals surface area contributed by atoms with Gasteiger partial charge in [0.25, 0.3) is 0 Å². The van der Waals surface area contributed by atoms with Crippen LogP contribution in [0.4, 0.5) is 0 Å². The molecule has 0 spiro atoms. The summed E-state index contributed by atoms with van der Waals surface area (Å²) in [5.41, 5.74) is 3.13. The van der Waals surface area contributed by atoms with Gasteiger partial charge in [-0.25, -0.2) is 4.79 Å². The van der Waals surface area contributed by atoms with Crippen LogP contribution >= 0.6 is 0 Å². The average molecular weight is 405 g/mol. The Balaban J connectivity index is 1.66. The van der Waals surface area contributed by atoms with Gasteiger partial charge in [-0.3, -0.25) is 4.79 Å². The molecule has 30 heavy (non-hydrogen) atoms. The van der Waals surface area contributed by atoms with Crippen molar-refractivity contribution in [1.82, 2.24) is 4.57 Å². The molecule has 6 heteroatoms. The van der Waals surface area contributed by atoms with E-state index in [1.54, 1.807) is 31.4 Å². The Labute approximate surface area is 175 Å². The lowest BCUT2D eigenvalue weighted by atomic mass is 10.1. The molecule has 0 atom stereocenters. The van der Waals surface area contributed by atoms with E-state index >= 15 is 0 Å². The second-order valence-electron chi connectivity index (χ2n) is 6.66. The summed E-state index contributed by atoms with van der Waals surface area (Å²) >= 11 is 0. The van der Waals surface area contributed by atoms with E-state index in [4.69, 9.17) is 14.6 Å². The molecule has 3 rings (SSSR count). The fraction of sp³-hybridized carbons (Fsp3) is 0.167. The van der Waals surface area contributed by atoms with Gasteiger partial charge in [-0.05, 0) is 35.4 Å². The van der Waals surface area contributed by atoms with Gasteiger partial charge in [-0.15, -0.1) is 0 Å². The topological polar surface area (TPSA) is 77.8 Å². The second-order valence-corrected chi connectivity index (χ2v) is 6.66. The molecule has 1 heterocycles. The predicted molar refractivity (Wildman–Crippen MR) is 114 cm³/mol. The maximum absolute atomic E-state index is 12.9. The van der Waals surface area contributed by atoms with Crippen LogP contribution in [0.5, 0.6) is 5.75 Å². The number of benzene rings is 2. The molecule has 0 aliphatic rings. The van der Waals surface area contributed by atoms with Crippen LogP contribution in [0.2, 0.25) is 0 Å². The lowest BCUT2D eigenvalue weighted by Gasteiger charge is -2.07. The molecule has 0 aliphatic heterocycles. The van der Waals surface area contributed by atoms with Crippen LogP contribution in [-0.2, 0) is 22.7 Å². The number of carboxylic acid groups (broad SMARTS) is 1. The molecule has 0 bridgehead atoms. The summed E-state index contributed by atoms with van der Waals surface area (Å²) in [5, 5.41) is 8.71. The van der Waals surface area contributed by atoms with Gasteiger partial charge in [-0.1, -0.05) is 48.6 Å². The monoisotopic (exact) mass is 405 g/mol. The summed E-state index contributed by atoms with van der Waals surface area (Å²) in [6.07, 6.45) is 5.71. The number of rotatable bonds is 10. The fourth-order valence-electron chi connectivity index (χ4n) is 3.00. The lowest BCUT2D eigenvalue weighted by Crippen LogP contribution is -2.09. The molecule has 0 amide bonds. The van der Waals surface area contributed by atoms with Gasteiger partial charge in [0.05, 0.1) is 12.3 Å². The number of aliphatic carboxylic acids is 1. The molecular formula is C24H23NO5. The predicted octanol–water partition coefficient (Wildman–Crippen LogP) is 4.04. The highest BCUT2D eigenvalue weighted by molar-refractivity contribution is 6.08. The maximum atomic E-state index is 12.9. The minimum atomic E-state index is -1.02. The van der Waals surface area contributed by atoms with Crippen LogP contribution in [0.1, 0.15) is 27.2 Å². The van der Waals surface area contributed by atoms with Crippen molar-refractivity contribution in [2.45, 2.75) is 13.2 Å². The van der Waals surface area contributed by atoms with Gasteiger partial charge in [0, 0.05) is 25.4 Å². The van der Waals surface area contributed by atoms with Crippen LogP contribution in [0.25, 0.3) is 6.08 Å². The third-order valence-corrected chi connectivity index (χ3v) is 4.42. The number of aromatic nitrogens is 1. The molecule has 0 saturated heterocycles. The standard InChI is InChI=1S/C24H23NO5/c1-29-16-19-9-11-20(12-10-19)24(28)22-8-4-14-25(22)13-3-6-18-5-2-7-21(15-18)30-17-23(26)27/h2-12,14-15H,13,16-17H2,1H3,(H,26,27). The Morgan fingerprint density at radius 2 is 1.87 bits per heavy atom. The summed E-state index contributed by atoms with van der Waals surface area (Å²) < 4.78 is 12.2. The molecule has 0 saturated carbocycles. The number of nitrogens with zero attached hydrogens (tertiary/aromatic N) is 1. The van der Waals surface area contributed by atoms with E-state index < -0.39 is 5.97 Å². The largest absolute Gasteiger partial charge is 0.482 e. The molecule has 2 aromatic carbocycles. The first kappa shape index (κ1) is 21.1. The van der Waals surface area contributed by atoms with Crippen molar-refractivity contribution in [2.75, 3.05) is 13.7 Å². The zero-order chi connectivity index (χ0) is 21.3. The zero-order valence-electron chi connectivity index (χ0n) is 16.7. The summed E-state index contributed by atoms with van der Waals surface area (Å²) in [6, 6.07) is 18.2. The van der Waals surface area contributed by atoms with E-state index in [1.807, 2.05) is 59.3 Å². The average Bonchev–Trinajstić information content (AvgIpc) is 3.21. The molecule has 154 valence electrons. The number of ketones is 1. The third-order valence-electron chi connectivity index (χ3n) is 4.42. The number of carbonyl (C=O) groups excluding carboxylic acids is 1. The van der Waals surface area contributed by atoms with Crippen molar-refractivity contribution in [3.05, 3.63) is 95.3 Å². The van der Waals surface area contributed by atoms with E-state index in [0.29, 0.717) is 30.2 Å². The summed E-state index contributed by atoms with van der Waals surface area (Å²) in [6.45, 7) is 0.655. The summed E-state index contributed by atoms with van der Waals surface area (Å²) in [7, 11) is 1.64. The Morgan fingerprint density at radius 1 is 1.07 bits per heavy atom. The van der Waals surface area contributed by atoms with Crippen LogP contribution < -0.4 is 4.74 Å². The van der Waals surface area contributed by atoms with Crippen LogP contribution in [0.15, 0.2) is 72.9 Å². The molecule has 1 aromatic heterocycles. The SMILES string of the molecule is COCc1ccc(C(=O)c2cccn2CC=Cc2cccc(OCC(=O)O)c2)cc1. The molecule has 0 unspecified atom stereocenters. The van der Waals surface area contributed by atoms with E-state index in [1.165, 1.54) is 0 Å². The van der Waals surface area contributed by atoms with E-state index in [-0.39, 0.29) is 12.4 Å². The van der Waals surface area contributed by atoms with Crippen molar-refractivity contribution in [3.8, 4) is 5.75 Å².